The Morgan fingerprint density at radius 2 is 1.43 bits per heavy atom. The SMILES string of the molecule is CCCCCCCCN=C(C)C(C)(C)[N-]c1c(C(C)C)cccc1C(C)C.[Hf]. The van der Waals surface area contributed by atoms with Gasteiger partial charge in [-0.05, 0) is 30.9 Å². The molecule has 0 bridgehead atoms. The smallest absolute Gasteiger partial charge is 0.0388 e. The Balaban J connectivity index is 0.00000729. The molecule has 2 nitrogen and oxygen atoms in total. The molecule has 0 saturated carbocycles. The summed E-state index contributed by atoms with van der Waals surface area (Å²) in [6, 6.07) is 6.64. The van der Waals surface area contributed by atoms with Crippen molar-refractivity contribution in [2.24, 2.45) is 4.99 Å². The Bertz CT molecular complexity index is 562. The van der Waals surface area contributed by atoms with Crippen LogP contribution in [-0.4, -0.2) is 17.8 Å². The number of hydrogen-bond acceptors (Lipinski definition) is 1. The molecule has 0 N–H and O–H groups in total. The molecule has 0 unspecified atom stereocenters. The molecular formula is C25H43HfN2-. The molecular weight excluding hydrogens is 507 g/mol. The third-order valence-corrected chi connectivity index (χ3v) is 5.48. The minimum atomic E-state index is -0.267. The standard InChI is InChI=1S/C25H43N2.Hf/c1-9-10-11-12-13-14-18-26-21(6)25(7,8)27-24-22(19(2)3)16-15-17-23(24)20(4)5;/h15-17,19-20H,9-14,18H2,1-8H3;/q-1;. The molecule has 0 heterocycles. The van der Waals surface area contributed by atoms with Gasteiger partial charge in [-0.3, -0.25) is 4.99 Å². The first-order valence-corrected chi connectivity index (χ1v) is 11.1. The molecule has 0 saturated heterocycles. The summed E-state index contributed by atoms with van der Waals surface area (Å²) in [6.07, 6.45) is 7.86. The van der Waals surface area contributed by atoms with E-state index in [4.69, 9.17) is 10.3 Å². The van der Waals surface area contributed by atoms with Gasteiger partial charge in [0.2, 0.25) is 0 Å². The second-order valence-corrected chi connectivity index (χ2v) is 9.00. The van der Waals surface area contributed by atoms with Crippen LogP contribution >= 0.6 is 0 Å². The van der Waals surface area contributed by atoms with E-state index in [0.29, 0.717) is 11.8 Å². The van der Waals surface area contributed by atoms with Gasteiger partial charge in [0.15, 0.2) is 0 Å². The normalized spacial score (nSPS) is 12.4. The fraction of sp³-hybridized carbons (Fsp3) is 0.720. The van der Waals surface area contributed by atoms with Crippen molar-refractivity contribution in [1.29, 1.82) is 0 Å². The topological polar surface area (TPSA) is 26.5 Å². The first-order chi connectivity index (χ1) is 12.7. The largest absolute Gasteiger partial charge is 0.674 e. The van der Waals surface area contributed by atoms with E-state index in [2.05, 4.69) is 73.6 Å². The predicted octanol–water partition coefficient (Wildman–Crippen LogP) is 8.54. The second-order valence-electron chi connectivity index (χ2n) is 9.00. The van der Waals surface area contributed by atoms with E-state index in [1.807, 2.05) is 0 Å². The number of rotatable bonds is 12. The van der Waals surface area contributed by atoms with Gasteiger partial charge in [-0.25, -0.2) is 0 Å². The minimum Gasteiger partial charge on any atom is -0.674 e. The van der Waals surface area contributed by atoms with Crippen LogP contribution in [0.5, 0.6) is 0 Å². The van der Waals surface area contributed by atoms with Crippen LogP contribution in [-0.2, 0) is 25.8 Å². The maximum absolute atomic E-state index is 5.24. The van der Waals surface area contributed by atoms with E-state index >= 15 is 0 Å². The van der Waals surface area contributed by atoms with E-state index in [9.17, 15) is 0 Å². The summed E-state index contributed by atoms with van der Waals surface area (Å²) in [4.78, 5) is 4.88. The van der Waals surface area contributed by atoms with Crippen LogP contribution < -0.4 is 0 Å². The molecule has 0 radical (unpaired) electrons. The molecule has 158 valence electrons. The zero-order valence-electron chi connectivity index (χ0n) is 19.7. The summed E-state index contributed by atoms with van der Waals surface area (Å²) in [5, 5.41) is 5.24. The van der Waals surface area contributed by atoms with E-state index in [-0.39, 0.29) is 31.4 Å². The van der Waals surface area contributed by atoms with Crippen molar-refractivity contribution >= 4 is 11.4 Å². The van der Waals surface area contributed by atoms with Crippen molar-refractivity contribution in [3.63, 3.8) is 0 Å². The van der Waals surface area contributed by atoms with Gasteiger partial charge in [-0.2, -0.15) is 0 Å². The molecule has 0 spiro atoms. The van der Waals surface area contributed by atoms with E-state index < -0.39 is 0 Å². The fourth-order valence-electron chi connectivity index (χ4n) is 3.33. The van der Waals surface area contributed by atoms with Crippen molar-refractivity contribution in [1.82, 2.24) is 0 Å². The Morgan fingerprint density at radius 3 is 1.93 bits per heavy atom. The van der Waals surface area contributed by atoms with Gasteiger partial charge in [-0.15, -0.1) is 5.69 Å². The van der Waals surface area contributed by atoms with Crippen LogP contribution in [0.4, 0.5) is 5.69 Å². The monoisotopic (exact) mass is 551 g/mol. The fourth-order valence-corrected chi connectivity index (χ4v) is 3.33. The molecule has 0 aromatic heterocycles. The van der Waals surface area contributed by atoms with Gasteiger partial charge in [0.05, 0.1) is 0 Å². The summed E-state index contributed by atoms with van der Waals surface area (Å²) in [5.41, 5.74) is 4.75. The third kappa shape index (κ3) is 8.93. The first kappa shape index (κ1) is 27.6. The molecule has 1 aromatic carbocycles. The maximum Gasteiger partial charge on any atom is 0.0388 e. The third-order valence-electron chi connectivity index (χ3n) is 5.48. The van der Waals surface area contributed by atoms with E-state index in [0.717, 1.165) is 12.3 Å². The zero-order chi connectivity index (χ0) is 20.4. The van der Waals surface area contributed by atoms with E-state index in [1.54, 1.807) is 0 Å². The second kappa shape index (κ2) is 13.7. The summed E-state index contributed by atoms with van der Waals surface area (Å²) >= 11 is 0. The van der Waals surface area contributed by atoms with Gasteiger partial charge >= 0.3 is 0 Å². The number of nitrogens with zero attached hydrogens (tertiary/aromatic N) is 2. The molecule has 0 fully saturated rings. The quantitative estimate of drug-likeness (QED) is 0.142. The van der Waals surface area contributed by atoms with Crippen LogP contribution in [0.25, 0.3) is 5.32 Å². The van der Waals surface area contributed by atoms with Crippen molar-refractivity contribution in [3.05, 3.63) is 34.6 Å². The number of benzene rings is 1. The van der Waals surface area contributed by atoms with Gasteiger partial charge in [0.25, 0.3) is 0 Å². The summed E-state index contributed by atoms with van der Waals surface area (Å²) in [5.74, 6) is 0.942. The average Bonchev–Trinajstić information content (AvgIpc) is 2.60. The molecule has 0 aliphatic heterocycles. The predicted molar refractivity (Wildman–Crippen MR) is 123 cm³/mol. The van der Waals surface area contributed by atoms with Gasteiger partial charge in [-0.1, -0.05) is 115 Å². The molecule has 0 amide bonds. The summed E-state index contributed by atoms with van der Waals surface area (Å²) in [6.45, 7) is 18.8. The molecule has 0 aliphatic rings. The Kier molecular flexibility index (Phi) is 13.5. The summed E-state index contributed by atoms with van der Waals surface area (Å²) < 4.78 is 0. The summed E-state index contributed by atoms with van der Waals surface area (Å²) in [7, 11) is 0. The van der Waals surface area contributed by atoms with Gasteiger partial charge < -0.3 is 5.32 Å². The van der Waals surface area contributed by atoms with Crippen LogP contribution in [0, 0.1) is 0 Å². The molecule has 0 atom stereocenters. The van der Waals surface area contributed by atoms with Crippen LogP contribution in [0.3, 0.4) is 0 Å². The number of unbranched alkanes of at least 4 members (excludes halogenated alkanes) is 5. The van der Waals surface area contributed by atoms with E-state index in [1.165, 1.54) is 55.3 Å². The van der Waals surface area contributed by atoms with Crippen molar-refractivity contribution in [2.75, 3.05) is 6.54 Å². The molecule has 1 rings (SSSR count). The van der Waals surface area contributed by atoms with Crippen LogP contribution in [0.15, 0.2) is 23.2 Å². The number of hydrogen-bond donors (Lipinski definition) is 0. The molecule has 1 aromatic rings. The van der Waals surface area contributed by atoms with Crippen LogP contribution in [0.1, 0.15) is 117 Å². The minimum absolute atomic E-state index is 0. The van der Waals surface area contributed by atoms with Crippen LogP contribution in [0.2, 0.25) is 0 Å². The van der Waals surface area contributed by atoms with Crippen molar-refractivity contribution < 1.29 is 25.8 Å². The Hall–Kier alpha value is -0.440. The van der Waals surface area contributed by atoms with Gasteiger partial charge in [0.1, 0.15) is 0 Å². The van der Waals surface area contributed by atoms with Crippen molar-refractivity contribution in [3.8, 4) is 0 Å². The van der Waals surface area contributed by atoms with Crippen molar-refractivity contribution in [2.45, 2.75) is 111 Å². The molecule has 28 heavy (non-hydrogen) atoms. The molecule has 3 heteroatoms. The number of para-hydroxylation sites is 1. The Labute approximate surface area is 194 Å². The maximum atomic E-state index is 5.24. The van der Waals surface area contributed by atoms with Gasteiger partial charge in [0, 0.05) is 32.4 Å². The zero-order valence-corrected chi connectivity index (χ0v) is 23.3. The molecule has 0 aliphatic carbocycles. The Morgan fingerprint density at radius 1 is 0.929 bits per heavy atom. The first-order valence-electron chi connectivity index (χ1n) is 11.1. The average molecular weight is 550 g/mol. The number of aliphatic imine (C=N–C) groups is 1.